The summed E-state index contributed by atoms with van der Waals surface area (Å²) in [6, 6.07) is 6.87. The molecule has 0 saturated heterocycles. The van der Waals surface area contributed by atoms with Crippen molar-refractivity contribution in [3.63, 3.8) is 0 Å². The molecule has 0 radical (unpaired) electrons. The molecule has 1 amide bonds. The van der Waals surface area contributed by atoms with Gasteiger partial charge < -0.3 is 15.0 Å². The second-order valence-corrected chi connectivity index (χ2v) is 7.66. The summed E-state index contributed by atoms with van der Waals surface area (Å²) in [4.78, 5) is 27.8. The molecule has 1 aromatic heterocycles. The van der Waals surface area contributed by atoms with Crippen LogP contribution >= 0.6 is 22.9 Å². The van der Waals surface area contributed by atoms with Crippen molar-refractivity contribution < 1.29 is 19.2 Å². The van der Waals surface area contributed by atoms with Crippen LogP contribution in [-0.2, 0) is 17.7 Å². The Morgan fingerprint density at radius 3 is 2.77 bits per heavy atom. The van der Waals surface area contributed by atoms with E-state index in [-0.39, 0.29) is 11.9 Å². The van der Waals surface area contributed by atoms with Crippen LogP contribution in [0.1, 0.15) is 45.0 Å². The SMILES string of the molecule is CCOC(=O)c1c(NC(=O)c2ccccc2Cl)sc2c1CC[NH+](CC)C2. The lowest BCUT2D eigenvalue weighted by atomic mass is 10.0. The monoisotopic (exact) mass is 393 g/mol. The molecule has 7 heteroatoms. The normalized spacial score (nSPS) is 16.0. The first-order valence-corrected chi connectivity index (χ1v) is 9.95. The molecular formula is C19H22ClN2O3S+. The van der Waals surface area contributed by atoms with Gasteiger partial charge in [0.2, 0.25) is 0 Å². The van der Waals surface area contributed by atoms with Gasteiger partial charge in [-0.1, -0.05) is 23.7 Å². The number of fused-ring (bicyclic) bond motifs is 1. The molecule has 1 aliphatic heterocycles. The Morgan fingerprint density at radius 1 is 1.31 bits per heavy atom. The number of ether oxygens (including phenoxy) is 1. The van der Waals surface area contributed by atoms with E-state index in [0.29, 0.717) is 27.8 Å². The summed E-state index contributed by atoms with van der Waals surface area (Å²) in [7, 11) is 0. The van der Waals surface area contributed by atoms with Gasteiger partial charge in [-0.25, -0.2) is 4.79 Å². The number of carbonyl (C=O) groups is 2. The molecule has 0 aliphatic carbocycles. The zero-order valence-corrected chi connectivity index (χ0v) is 16.4. The average Bonchev–Trinajstić information content (AvgIpc) is 2.98. The number of anilines is 1. The van der Waals surface area contributed by atoms with E-state index < -0.39 is 0 Å². The van der Waals surface area contributed by atoms with Gasteiger partial charge in [0.1, 0.15) is 11.5 Å². The summed E-state index contributed by atoms with van der Waals surface area (Å²) in [5.74, 6) is -0.696. The molecule has 2 aromatic rings. The van der Waals surface area contributed by atoms with Crippen LogP contribution < -0.4 is 10.2 Å². The first-order chi connectivity index (χ1) is 12.5. The topological polar surface area (TPSA) is 59.8 Å². The third-order valence-electron chi connectivity index (χ3n) is 4.55. The maximum absolute atomic E-state index is 12.7. The third-order valence-corrected chi connectivity index (χ3v) is 6.03. The van der Waals surface area contributed by atoms with E-state index in [9.17, 15) is 9.59 Å². The Hall–Kier alpha value is -1.89. The van der Waals surface area contributed by atoms with Gasteiger partial charge in [-0.05, 0) is 31.5 Å². The van der Waals surface area contributed by atoms with Gasteiger partial charge in [0, 0.05) is 6.42 Å². The van der Waals surface area contributed by atoms with E-state index >= 15 is 0 Å². The van der Waals surface area contributed by atoms with Gasteiger partial charge in [-0.2, -0.15) is 0 Å². The molecule has 2 N–H and O–H groups in total. The molecule has 1 unspecified atom stereocenters. The zero-order chi connectivity index (χ0) is 18.7. The molecule has 26 heavy (non-hydrogen) atoms. The van der Waals surface area contributed by atoms with Crippen molar-refractivity contribution in [1.82, 2.24) is 0 Å². The minimum absolute atomic E-state index is 0.299. The van der Waals surface area contributed by atoms with Crippen LogP contribution in [0.15, 0.2) is 24.3 Å². The van der Waals surface area contributed by atoms with Gasteiger partial charge >= 0.3 is 5.97 Å². The van der Waals surface area contributed by atoms with Crippen molar-refractivity contribution in [1.29, 1.82) is 0 Å². The number of halogens is 1. The fourth-order valence-corrected chi connectivity index (χ4v) is 4.69. The summed E-state index contributed by atoms with van der Waals surface area (Å²) < 4.78 is 5.24. The lowest BCUT2D eigenvalue weighted by Gasteiger charge is -2.22. The van der Waals surface area contributed by atoms with Gasteiger partial charge in [-0.15, -0.1) is 11.3 Å². The summed E-state index contributed by atoms with van der Waals surface area (Å²) in [5.41, 5.74) is 1.90. The number of quaternary nitrogens is 1. The highest BCUT2D eigenvalue weighted by Gasteiger charge is 2.31. The highest BCUT2D eigenvalue weighted by atomic mass is 35.5. The predicted molar refractivity (Wildman–Crippen MR) is 103 cm³/mol. The number of amides is 1. The number of hydrogen-bond acceptors (Lipinski definition) is 4. The van der Waals surface area contributed by atoms with Crippen LogP contribution in [0.3, 0.4) is 0 Å². The highest BCUT2D eigenvalue weighted by molar-refractivity contribution is 7.17. The molecule has 2 heterocycles. The Balaban J connectivity index is 1.95. The van der Waals surface area contributed by atoms with Crippen molar-refractivity contribution >= 4 is 39.8 Å². The van der Waals surface area contributed by atoms with E-state index in [4.69, 9.17) is 16.3 Å². The van der Waals surface area contributed by atoms with Crippen molar-refractivity contribution in [2.75, 3.05) is 25.0 Å². The first kappa shape index (κ1) is 18.9. The molecule has 5 nitrogen and oxygen atoms in total. The average molecular weight is 394 g/mol. The van der Waals surface area contributed by atoms with Crippen molar-refractivity contribution in [3.8, 4) is 0 Å². The smallest absolute Gasteiger partial charge is 0.341 e. The van der Waals surface area contributed by atoms with Gasteiger partial charge in [0.15, 0.2) is 0 Å². The van der Waals surface area contributed by atoms with Crippen LogP contribution in [0.25, 0.3) is 0 Å². The predicted octanol–water partition coefficient (Wildman–Crippen LogP) is 2.79. The molecule has 0 spiro atoms. The molecule has 1 aromatic carbocycles. The van der Waals surface area contributed by atoms with Crippen LogP contribution in [0.4, 0.5) is 5.00 Å². The fraction of sp³-hybridized carbons (Fsp3) is 0.368. The lowest BCUT2D eigenvalue weighted by Crippen LogP contribution is -3.11. The molecule has 0 bridgehead atoms. The van der Waals surface area contributed by atoms with Crippen LogP contribution in [0, 0.1) is 0 Å². The molecule has 0 saturated carbocycles. The van der Waals surface area contributed by atoms with Gasteiger partial charge in [0.25, 0.3) is 5.91 Å². The maximum Gasteiger partial charge on any atom is 0.341 e. The first-order valence-electron chi connectivity index (χ1n) is 8.76. The second kappa shape index (κ2) is 8.20. The maximum atomic E-state index is 12.7. The molecule has 0 fully saturated rings. The summed E-state index contributed by atoms with van der Waals surface area (Å²) in [6.45, 7) is 7.11. The summed E-state index contributed by atoms with van der Waals surface area (Å²) in [6.07, 6.45) is 0.811. The molecule has 3 rings (SSSR count). The van der Waals surface area contributed by atoms with E-state index in [0.717, 1.165) is 36.5 Å². The number of likely N-dealkylation sites (N-methyl/N-ethyl adjacent to an activating group) is 1. The Labute approximate surface area is 161 Å². The number of hydrogen-bond donors (Lipinski definition) is 2. The van der Waals surface area contributed by atoms with E-state index in [2.05, 4.69) is 12.2 Å². The summed E-state index contributed by atoms with van der Waals surface area (Å²) >= 11 is 7.59. The molecule has 138 valence electrons. The Bertz CT molecular complexity index is 834. The van der Waals surface area contributed by atoms with E-state index in [1.54, 1.807) is 31.2 Å². The lowest BCUT2D eigenvalue weighted by molar-refractivity contribution is -0.913. The van der Waals surface area contributed by atoms with Gasteiger partial charge in [-0.3, -0.25) is 4.79 Å². The van der Waals surface area contributed by atoms with Crippen molar-refractivity contribution in [3.05, 3.63) is 50.9 Å². The van der Waals surface area contributed by atoms with E-state index in [1.165, 1.54) is 16.2 Å². The number of nitrogens with one attached hydrogen (secondary N) is 2. The van der Waals surface area contributed by atoms with Crippen LogP contribution in [0.5, 0.6) is 0 Å². The number of benzene rings is 1. The standard InChI is InChI=1S/C19H21ClN2O3S/c1-3-22-10-9-13-15(11-22)26-18(16(13)19(24)25-4-2)21-17(23)12-7-5-6-8-14(12)20/h5-8H,3-4,9-11H2,1-2H3,(H,21,23)/p+1. The molecule has 1 atom stereocenters. The Morgan fingerprint density at radius 2 is 2.08 bits per heavy atom. The second-order valence-electron chi connectivity index (χ2n) is 6.14. The molecule has 1 aliphatic rings. The van der Waals surface area contributed by atoms with Crippen molar-refractivity contribution in [2.45, 2.75) is 26.8 Å². The Kier molecular flexibility index (Phi) is 5.96. The minimum atomic E-state index is -0.376. The molecular weight excluding hydrogens is 372 g/mol. The van der Waals surface area contributed by atoms with Crippen LogP contribution in [-0.4, -0.2) is 31.6 Å². The quantitative estimate of drug-likeness (QED) is 0.768. The number of esters is 1. The number of rotatable bonds is 5. The van der Waals surface area contributed by atoms with Crippen molar-refractivity contribution in [2.24, 2.45) is 0 Å². The van der Waals surface area contributed by atoms with Crippen LogP contribution in [0.2, 0.25) is 5.02 Å². The summed E-state index contributed by atoms with van der Waals surface area (Å²) in [5, 5.41) is 3.81. The largest absolute Gasteiger partial charge is 0.462 e. The van der Waals surface area contributed by atoms with Gasteiger partial charge in [0.05, 0.1) is 40.7 Å². The minimum Gasteiger partial charge on any atom is -0.462 e. The third kappa shape index (κ3) is 3.77. The highest BCUT2D eigenvalue weighted by Crippen LogP contribution is 2.35. The number of carbonyl (C=O) groups excluding carboxylic acids is 2. The zero-order valence-electron chi connectivity index (χ0n) is 14.9. The number of thiophene rings is 1. The fourth-order valence-electron chi connectivity index (χ4n) is 3.16. The van der Waals surface area contributed by atoms with E-state index in [1.807, 2.05) is 0 Å².